The third-order valence-electron chi connectivity index (χ3n) is 3.13. The van der Waals surface area contributed by atoms with Gasteiger partial charge in [-0.25, -0.2) is 9.78 Å². The Morgan fingerprint density at radius 1 is 1.22 bits per heavy atom. The summed E-state index contributed by atoms with van der Waals surface area (Å²) in [4.78, 5) is 15.9. The Bertz CT molecular complexity index is 639. The van der Waals surface area contributed by atoms with E-state index in [4.69, 9.17) is 9.47 Å². The largest absolute Gasteiger partial charge is 0.462 e. The summed E-state index contributed by atoms with van der Waals surface area (Å²) in [6.45, 7) is 7.00. The van der Waals surface area contributed by atoms with Crippen LogP contribution < -0.4 is 10.1 Å². The molecule has 0 amide bonds. The van der Waals surface area contributed by atoms with E-state index < -0.39 is 0 Å². The SMILES string of the molecule is CCOC(=O)c1ccc(Oc2ncccc2CNC(C)C)cc1. The van der Waals surface area contributed by atoms with Gasteiger partial charge in [-0.15, -0.1) is 0 Å². The first-order valence-corrected chi connectivity index (χ1v) is 7.72. The van der Waals surface area contributed by atoms with Crippen molar-refractivity contribution in [2.45, 2.75) is 33.4 Å². The minimum absolute atomic E-state index is 0.335. The minimum Gasteiger partial charge on any atom is -0.462 e. The zero-order valence-electron chi connectivity index (χ0n) is 13.7. The van der Waals surface area contributed by atoms with Crippen molar-refractivity contribution in [1.29, 1.82) is 0 Å². The lowest BCUT2D eigenvalue weighted by Gasteiger charge is -2.12. The standard InChI is InChI=1S/C18H22N2O3/c1-4-22-18(21)14-7-9-16(10-8-14)23-17-15(6-5-11-19-17)12-20-13(2)3/h5-11,13,20H,4,12H2,1-3H3. The number of carbonyl (C=O) groups is 1. The van der Waals surface area contributed by atoms with Crippen LogP contribution in [-0.4, -0.2) is 23.6 Å². The predicted molar refractivity (Wildman–Crippen MR) is 88.7 cm³/mol. The molecule has 0 radical (unpaired) electrons. The van der Waals surface area contributed by atoms with Crippen molar-refractivity contribution in [2.75, 3.05) is 6.61 Å². The molecule has 1 aromatic carbocycles. The quantitative estimate of drug-likeness (QED) is 0.792. The predicted octanol–water partition coefficient (Wildman–Crippen LogP) is 3.55. The molecular weight excluding hydrogens is 292 g/mol. The summed E-state index contributed by atoms with van der Waals surface area (Å²) < 4.78 is 10.8. The number of carbonyl (C=O) groups excluding carboxylic acids is 1. The molecule has 0 atom stereocenters. The normalized spacial score (nSPS) is 10.6. The van der Waals surface area contributed by atoms with E-state index in [2.05, 4.69) is 24.1 Å². The van der Waals surface area contributed by atoms with E-state index in [0.717, 1.165) is 5.56 Å². The molecule has 0 saturated carbocycles. The zero-order chi connectivity index (χ0) is 16.7. The number of ether oxygens (including phenoxy) is 2. The number of esters is 1. The third-order valence-corrected chi connectivity index (χ3v) is 3.13. The van der Waals surface area contributed by atoms with Crippen LogP contribution in [0, 0.1) is 0 Å². The number of nitrogens with one attached hydrogen (secondary N) is 1. The van der Waals surface area contributed by atoms with Gasteiger partial charge < -0.3 is 14.8 Å². The Morgan fingerprint density at radius 2 is 1.96 bits per heavy atom. The summed E-state index contributed by atoms with van der Waals surface area (Å²) in [5, 5.41) is 3.34. The molecule has 0 aliphatic carbocycles. The van der Waals surface area contributed by atoms with Crippen molar-refractivity contribution >= 4 is 5.97 Å². The molecule has 122 valence electrons. The molecule has 0 aliphatic heterocycles. The molecule has 0 spiro atoms. The second-order valence-corrected chi connectivity index (χ2v) is 5.35. The Balaban J connectivity index is 2.08. The van der Waals surface area contributed by atoms with Crippen LogP contribution >= 0.6 is 0 Å². The van der Waals surface area contributed by atoms with Crippen LogP contribution in [0.2, 0.25) is 0 Å². The molecule has 23 heavy (non-hydrogen) atoms. The monoisotopic (exact) mass is 314 g/mol. The van der Waals surface area contributed by atoms with Gasteiger partial charge in [0.05, 0.1) is 12.2 Å². The fourth-order valence-corrected chi connectivity index (χ4v) is 1.95. The van der Waals surface area contributed by atoms with Gasteiger partial charge in [-0.3, -0.25) is 0 Å². The molecule has 2 rings (SSSR count). The number of hydrogen-bond donors (Lipinski definition) is 1. The Morgan fingerprint density at radius 3 is 2.61 bits per heavy atom. The average Bonchev–Trinajstić information content (AvgIpc) is 2.55. The highest BCUT2D eigenvalue weighted by atomic mass is 16.5. The Hall–Kier alpha value is -2.40. The molecule has 0 unspecified atom stereocenters. The molecule has 0 aliphatic rings. The summed E-state index contributed by atoms with van der Waals surface area (Å²) in [6, 6.07) is 11.1. The van der Waals surface area contributed by atoms with Crippen LogP contribution in [0.5, 0.6) is 11.6 Å². The van der Waals surface area contributed by atoms with Gasteiger partial charge in [0.2, 0.25) is 5.88 Å². The number of aromatic nitrogens is 1. The maximum atomic E-state index is 11.6. The molecule has 0 bridgehead atoms. The molecule has 1 aromatic heterocycles. The first-order chi connectivity index (χ1) is 11.1. The van der Waals surface area contributed by atoms with E-state index in [9.17, 15) is 4.79 Å². The fraction of sp³-hybridized carbons (Fsp3) is 0.333. The molecule has 0 fully saturated rings. The summed E-state index contributed by atoms with van der Waals surface area (Å²) in [6.07, 6.45) is 1.70. The second kappa shape index (κ2) is 8.29. The van der Waals surface area contributed by atoms with Gasteiger partial charge in [0.25, 0.3) is 0 Å². The van der Waals surface area contributed by atoms with E-state index in [1.807, 2.05) is 12.1 Å². The smallest absolute Gasteiger partial charge is 0.338 e. The van der Waals surface area contributed by atoms with Crippen molar-refractivity contribution in [2.24, 2.45) is 0 Å². The number of hydrogen-bond acceptors (Lipinski definition) is 5. The van der Waals surface area contributed by atoms with E-state index in [-0.39, 0.29) is 5.97 Å². The molecule has 5 nitrogen and oxygen atoms in total. The summed E-state index contributed by atoms with van der Waals surface area (Å²) in [7, 11) is 0. The van der Waals surface area contributed by atoms with Crippen LogP contribution in [0.3, 0.4) is 0 Å². The highest BCUT2D eigenvalue weighted by molar-refractivity contribution is 5.89. The van der Waals surface area contributed by atoms with Crippen LogP contribution in [0.15, 0.2) is 42.6 Å². The first-order valence-electron chi connectivity index (χ1n) is 7.72. The molecule has 2 aromatic rings. The zero-order valence-corrected chi connectivity index (χ0v) is 13.7. The van der Waals surface area contributed by atoms with Gasteiger partial charge in [-0.05, 0) is 37.3 Å². The second-order valence-electron chi connectivity index (χ2n) is 5.35. The highest BCUT2D eigenvalue weighted by Gasteiger charge is 2.09. The molecule has 5 heteroatoms. The fourth-order valence-electron chi connectivity index (χ4n) is 1.95. The van der Waals surface area contributed by atoms with E-state index in [1.54, 1.807) is 37.4 Å². The average molecular weight is 314 g/mol. The van der Waals surface area contributed by atoms with Crippen molar-refractivity contribution in [3.63, 3.8) is 0 Å². The maximum absolute atomic E-state index is 11.6. The lowest BCUT2D eigenvalue weighted by Crippen LogP contribution is -2.22. The number of nitrogens with zero attached hydrogens (tertiary/aromatic N) is 1. The van der Waals surface area contributed by atoms with Gasteiger partial charge in [-0.1, -0.05) is 19.9 Å². The van der Waals surface area contributed by atoms with Crippen molar-refractivity contribution in [1.82, 2.24) is 10.3 Å². The van der Waals surface area contributed by atoms with Gasteiger partial charge in [0.15, 0.2) is 0 Å². The van der Waals surface area contributed by atoms with Gasteiger partial charge in [-0.2, -0.15) is 0 Å². The molecule has 0 saturated heterocycles. The Labute approximate surface area is 136 Å². The van der Waals surface area contributed by atoms with Gasteiger partial charge >= 0.3 is 5.97 Å². The van der Waals surface area contributed by atoms with Crippen LogP contribution in [-0.2, 0) is 11.3 Å². The van der Waals surface area contributed by atoms with Crippen molar-refractivity contribution in [3.05, 3.63) is 53.7 Å². The molecule has 1 N–H and O–H groups in total. The first kappa shape index (κ1) is 17.0. The van der Waals surface area contributed by atoms with E-state index >= 15 is 0 Å². The minimum atomic E-state index is -0.335. The van der Waals surface area contributed by atoms with Crippen LogP contribution in [0.25, 0.3) is 0 Å². The Kier molecular flexibility index (Phi) is 6.11. The number of benzene rings is 1. The number of rotatable bonds is 7. The third kappa shape index (κ3) is 5.07. The topological polar surface area (TPSA) is 60.5 Å². The summed E-state index contributed by atoms with van der Waals surface area (Å²) in [5.41, 5.74) is 1.48. The van der Waals surface area contributed by atoms with Crippen LogP contribution in [0.1, 0.15) is 36.7 Å². The summed E-state index contributed by atoms with van der Waals surface area (Å²) in [5.74, 6) is 0.853. The highest BCUT2D eigenvalue weighted by Crippen LogP contribution is 2.23. The number of pyridine rings is 1. The van der Waals surface area contributed by atoms with E-state index in [1.165, 1.54) is 0 Å². The lowest BCUT2D eigenvalue weighted by molar-refractivity contribution is 0.0526. The van der Waals surface area contributed by atoms with Gasteiger partial charge in [0, 0.05) is 24.3 Å². The summed E-state index contributed by atoms with van der Waals surface area (Å²) >= 11 is 0. The molecular formula is C18H22N2O3. The lowest BCUT2D eigenvalue weighted by atomic mass is 10.2. The van der Waals surface area contributed by atoms with E-state index in [0.29, 0.717) is 36.4 Å². The van der Waals surface area contributed by atoms with Crippen LogP contribution in [0.4, 0.5) is 0 Å². The van der Waals surface area contributed by atoms with Gasteiger partial charge in [0.1, 0.15) is 5.75 Å². The van der Waals surface area contributed by atoms with Crippen molar-refractivity contribution < 1.29 is 14.3 Å². The molecule has 1 heterocycles. The van der Waals surface area contributed by atoms with Crippen molar-refractivity contribution in [3.8, 4) is 11.6 Å². The maximum Gasteiger partial charge on any atom is 0.338 e.